The van der Waals surface area contributed by atoms with Crippen LogP contribution in [0, 0.1) is 6.92 Å². The topological polar surface area (TPSA) is 50.7 Å². The molecule has 6 heteroatoms. The molecule has 4 nitrogen and oxygen atoms in total. The van der Waals surface area contributed by atoms with Gasteiger partial charge < -0.3 is 5.32 Å². The number of nitrogens with one attached hydrogen (secondary N) is 1. The second-order valence-corrected chi connectivity index (χ2v) is 4.75. The molecule has 0 aliphatic rings. The third-order valence-electron chi connectivity index (χ3n) is 2.04. The molecule has 88 valence electrons. The summed E-state index contributed by atoms with van der Waals surface area (Å²) in [5.41, 5.74) is 1.22. The van der Waals surface area contributed by atoms with E-state index in [1.807, 2.05) is 31.2 Å². The fourth-order valence-electron chi connectivity index (χ4n) is 1.20. The third-order valence-corrected chi connectivity index (χ3v) is 3.08. The lowest BCUT2D eigenvalue weighted by Crippen LogP contribution is -1.99. The maximum atomic E-state index is 5.80. The summed E-state index contributed by atoms with van der Waals surface area (Å²) in [6.45, 7) is 2.05. The molecule has 0 fully saturated rings. The van der Waals surface area contributed by atoms with Gasteiger partial charge in [0.25, 0.3) is 0 Å². The average Bonchev–Trinajstić information content (AvgIpc) is 2.31. The van der Waals surface area contributed by atoms with E-state index >= 15 is 0 Å². The minimum absolute atomic E-state index is 0.193. The molecule has 1 aromatic carbocycles. The molecule has 0 unspecified atom stereocenters. The predicted octanol–water partition coefficient (Wildman–Crippen LogP) is 3.03. The van der Waals surface area contributed by atoms with Gasteiger partial charge in [0.05, 0.1) is 0 Å². The van der Waals surface area contributed by atoms with Crippen molar-refractivity contribution >= 4 is 29.3 Å². The Morgan fingerprint density at radius 3 is 2.47 bits per heavy atom. The molecule has 1 heterocycles. The van der Waals surface area contributed by atoms with Gasteiger partial charge in [0.15, 0.2) is 5.16 Å². The Bertz CT molecular complexity index is 515. The molecule has 0 radical (unpaired) electrons. The van der Waals surface area contributed by atoms with E-state index in [1.165, 1.54) is 17.3 Å². The van der Waals surface area contributed by atoms with Crippen LogP contribution in [0.5, 0.6) is 0 Å². The fourth-order valence-corrected chi connectivity index (χ4v) is 2.16. The van der Waals surface area contributed by atoms with Gasteiger partial charge in [0.2, 0.25) is 11.2 Å². The first kappa shape index (κ1) is 12.1. The highest BCUT2D eigenvalue weighted by molar-refractivity contribution is 7.99. The van der Waals surface area contributed by atoms with Gasteiger partial charge in [-0.2, -0.15) is 15.0 Å². The number of aryl methyl sites for hydroxylation is 1. The van der Waals surface area contributed by atoms with Gasteiger partial charge in [-0.25, -0.2) is 0 Å². The zero-order valence-corrected chi connectivity index (χ0v) is 11.0. The Morgan fingerprint density at radius 2 is 1.82 bits per heavy atom. The number of nitrogens with zero attached hydrogens (tertiary/aromatic N) is 3. The van der Waals surface area contributed by atoms with Crippen LogP contribution in [0.3, 0.4) is 0 Å². The Morgan fingerprint density at radius 1 is 1.12 bits per heavy atom. The zero-order valence-electron chi connectivity index (χ0n) is 9.44. The van der Waals surface area contributed by atoms with Crippen molar-refractivity contribution in [3.63, 3.8) is 0 Å². The van der Waals surface area contributed by atoms with Gasteiger partial charge in [-0.3, -0.25) is 0 Å². The normalized spacial score (nSPS) is 10.3. The van der Waals surface area contributed by atoms with E-state index in [-0.39, 0.29) is 5.28 Å². The van der Waals surface area contributed by atoms with Crippen LogP contribution >= 0.6 is 23.4 Å². The van der Waals surface area contributed by atoms with Gasteiger partial charge in [-0.1, -0.05) is 17.7 Å². The molecule has 0 aliphatic carbocycles. The van der Waals surface area contributed by atoms with E-state index in [1.54, 1.807) is 7.05 Å². The number of rotatable bonds is 3. The van der Waals surface area contributed by atoms with Crippen LogP contribution in [-0.4, -0.2) is 22.0 Å². The number of halogens is 1. The van der Waals surface area contributed by atoms with Gasteiger partial charge in [0.1, 0.15) is 0 Å². The van der Waals surface area contributed by atoms with Gasteiger partial charge in [-0.15, -0.1) is 0 Å². The molecular formula is C11H11ClN4S. The van der Waals surface area contributed by atoms with E-state index < -0.39 is 0 Å². The summed E-state index contributed by atoms with van der Waals surface area (Å²) < 4.78 is 0. The molecule has 0 saturated heterocycles. The third kappa shape index (κ3) is 3.31. The summed E-state index contributed by atoms with van der Waals surface area (Å²) in [6, 6.07) is 8.14. The number of benzene rings is 1. The zero-order chi connectivity index (χ0) is 12.3. The number of hydrogen-bond donors (Lipinski definition) is 1. The molecule has 0 aliphatic heterocycles. The molecule has 1 N–H and O–H groups in total. The maximum absolute atomic E-state index is 5.80. The average molecular weight is 267 g/mol. The molecule has 1 aromatic heterocycles. The Labute approximate surface area is 109 Å². The smallest absolute Gasteiger partial charge is 0.228 e. The van der Waals surface area contributed by atoms with E-state index in [9.17, 15) is 0 Å². The molecule has 0 spiro atoms. The largest absolute Gasteiger partial charge is 0.357 e. The van der Waals surface area contributed by atoms with Crippen LogP contribution in [-0.2, 0) is 0 Å². The first-order chi connectivity index (χ1) is 8.17. The minimum Gasteiger partial charge on any atom is -0.357 e. The maximum Gasteiger partial charge on any atom is 0.228 e. The van der Waals surface area contributed by atoms with E-state index in [4.69, 9.17) is 11.6 Å². The van der Waals surface area contributed by atoms with Crippen molar-refractivity contribution in [3.05, 3.63) is 35.1 Å². The van der Waals surface area contributed by atoms with Crippen LogP contribution in [0.4, 0.5) is 5.95 Å². The summed E-state index contributed by atoms with van der Waals surface area (Å²) >= 11 is 7.26. The molecule has 17 heavy (non-hydrogen) atoms. The monoisotopic (exact) mass is 266 g/mol. The van der Waals surface area contributed by atoms with Crippen LogP contribution in [0.1, 0.15) is 5.56 Å². The van der Waals surface area contributed by atoms with Gasteiger partial charge in [-0.05, 0) is 42.4 Å². The lowest BCUT2D eigenvalue weighted by molar-refractivity contribution is 0.908. The first-order valence-electron chi connectivity index (χ1n) is 5.01. The van der Waals surface area contributed by atoms with Crippen molar-refractivity contribution < 1.29 is 0 Å². The Balaban J connectivity index is 2.23. The van der Waals surface area contributed by atoms with Crippen LogP contribution in [0.15, 0.2) is 34.3 Å². The summed E-state index contributed by atoms with van der Waals surface area (Å²) in [6.07, 6.45) is 0. The highest BCUT2D eigenvalue weighted by Crippen LogP contribution is 2.25. The van der Waals surface area contributed by atoms with E-state index in [0.717, 1.165) is 4.90 Å². The van der Waals surface area contributed by atoms with Crippen LogP contribution < -0.4 is 5.32 Å². The fraction of sp³-hybridized carbons (Fsp3) is 0.182. The van der Waals surface area contributed by atoms with Crippen molar-refractivity contribution in [1.29, 1.82) is 0 Å². The molecule has 2 rings (SSSR count). The van der Waals surface area contributed by atoms with Crippen molar-refractivity contribution in [2.24, 2.45) is 0 Å². The number of hydrogen-bond acceptors (Lipinski definition) is 5. The Hall–Kier alpha value is -1.33. The molecule has 0 atom stereocenters. The molecule has 0 bridgehead atoms. The van der Waals surface area contributed by atoms with E-state index in [0.29, 0.717) is 11.1 Å². The lowest BCUT2D eigenvalue weighted by Gasteiger charge is -2.03. The van der Waals surface area contributed by atoms with Crippen LogP contribution in [0.25, 0.3) is 0 Å². The highest BCUT2D eigenvalue weighted by atomic mass is 35.5. The lowest BCUT2D eigenvalue weighted by atomic mass is 10.2. The van der Waals surface area contributed by atoms with Crippen molar-refractivity contribution in [2.45, 2.75) is 17.0 Å². The summed E-state index contributed by atoms with van der Waals surface area (Å²) in [5.74, 6) is 0.472. The van der Waals surface area contributed by atoms with Crippen LogP contribution in [0.2, 0.25) is 5.28 Å². The minimum atomic E-state index is 0.193. The van der Waals surface area contributed by atoms with E-state index in [2.05, 4.69) is 20.3 Å². The summed E-state index contributed by atoms with van der Waals surface area (Å²) in [7, 11) is 1.74. The molecule has 2 aromatic rings. The standard InChI is InChI=1S/C11H11ClN4S/c1-7-3-5-8(6-4-7)17-11-15-9(12)14-10(13-2)16-11/h3-6H,1-2H3,(H,13,14,15,16). The highest BCUT2D eigenvalue weighted by Gasteiger charge is 2.05. The molecular weight excluding hydrogens is 256 g/mol. The quantitative estimate of drug-likeness (QED) is 0.925. The summed E-state index contributed by atoms with van der Waals surface area (Å²) in [5, 5.41) is 3.62. The van der Waals surface area contributed by atoms with Crippen molar-refractivity contribution in [2.75, 3.05) is 12.4 Å². The number of anilines is 1. The van der Waals surface area contributed by atoms with Crippen molar-refractivity contribution in [1.82, 2.24) is 15.0 Å². The summed E-state index contributed by atoms with van der Waals surface area (Å²) in [4.78, 5) is 13.3. The van der Waals surface area contributed by atoms with Gasteiger partial charge >= 0.3 is 0 Å². The second kappa shape index (κ2) is 5.33. The SMILES string of the molecule is CNc1nc(Cl)nc(Sc2ccc(C)cc2)n1. The first-order valence-corrected chi connectivity index (χ1v) is 6.20. The second-order valence-electron chi connectivity index (χ2n) is 3.38. The molecule has 0 amide bonds. The van der Waals surface area contributed by atoms with Gasteiger partial charge in [0, 0.05) is 11.9 Å². The predicted molar refractivity (Wildman–Crippen MR) is 69.7 cm³/mol. The van der Waals surface area contributed by atoms with Crippen molar-refractivity contribution in [3.8, 4) is 0 Å². The number of aromatic nitrogens is 3. The molecule has 0 saturated carbocycles. The Kier molecular flexibility index (Phi) is 3.81.